The topological polar surface area (TPSA) is 32.7 Å². The maximum atomic E-state index is 13.0. The van der Waals surface area contributed by atoms with E-state index < -0.39 is 0 Å². The minimum atomic E-state index is -0.362. The van der Waals surface area contributed by atoms with Gasteiger partial charge in [0.05, 0.1) is 18.8 Å². The lowest BCUT2D eigenvalue weighted by atomic mass is 9.87. The zero-order chi connectivity index (χ0) is 19.3. The zero-order valence-electron chi connectivity index (χ0n) is 16.1. The molecule has 1 fully saturated rings. The monoisotopic (exact) mass is 381 g/mol. The summed E-state index contributed by atoms with van der Waals surface area (Å²) in [7, 11) is 0. The number of benzene rings is 2. The summed E-state index contributed by atoms with van der Waals surface area (Å²) in [5, 5.41) is 10.7. The molecule has 3 nitrogen and oxygen atoms in total. The molecular formula is C24H28FNO2. The second kappa shape index (κ2) is 8.99. The Hall–Kier alpha value is -2.01. The van der Waals surface area contributed by atoms with E-state index in [2.05, 4.69) is 35.2 Å². The van der Waals surface area contributed by atoms with Gasteiger partial charge in [-0.2, -0.15) is 0 Å². The highest BCUT2D eigenvalue weighted by Gasteiger charge is 2.34. The van der Waals surface area contributed by atoms with Crippen LogP contribution in [0, 0.1) is 5.82 Å². The van der Waals surface area contributed by atoms with Gasteiger partial charge in [0.25, 0.3) is 0 Å². The summed E-state index contributed by atoms with van der Waals surface area (Å²) in [5.41, 5.74) is 3.68. The second-order valence-electron chi connectivity index (χ2n) is 7.85. The maximum absolute atomic E-state index is 13.0. The van der Waals surface area contributed by atoms with Gasteiger partial charge in [-0.3, -0.25) is 4.90 Å². The van der Waals surface area contributed by atoms with E-state index in [1.165, 1.54) is 23.3 Å². The molecule has 4 heteroatoms. The van der Waals surface area contributed by atoms with Gasteiger partial charge in [0, 0.05) is 25.6 Å². The first-order valence-corrected chi connectivity index (χ1v) is 10.2. The van der Waals surface area contributed by atoms with Crippen molar-refractivity contribution in [1.82, 2.24) is 4.90 Å². The smallest absolute Gasteiger partial charge is 0.123 e. The largest absolute Gasteiger partial charge is 0.391 e. The third-order valence-corrected chi connectivity index (χ3v) is 5.99. The Kier molecular flexibility index (Phi) is 6.20. The average molecular weight is 381 g/mol. The van der Waals surface area contributed by atoms with Gasteiger partial charge >= 0.3 is 0 Å². The van der Waals surface area contributed by atoms with E-state index in [9.17, 15) is 9.50 Å². The fourth-order valence-corrected chi connectivity index (χ4v) is 4.37. The van der Waals surface area contributed by atoms with Gasteiger partial charge in [0.1, 0.15) is 5.82 Å². The Morgan fingerprint density at radius 3 is 2.50 bits per heavy atom. The Labute approximate surface area is 166 Å². The van der Waals surface area contributed by atoms with E-state index in [1.54, 1.807) is 12.1 Å². The fraction of sp³-hybridized carbons (Fsp3) is 0.417. The van der Waals surface area contributed by atoms with Gasteiger partial charge in [-0.05, 0) is 48.1 Å². The molecule has 1 N–H and O–H groups in total. The first kappa shape index (κ1) is 19.3. The molecular weight excluding hydrogens is 353 g/mol. The number of aliphatic hydroxyl groups excluding tert-OH is 1. The van der Waals surface area contributed by atoms with E-state index in [1.807, 2.05) is 6.07 Å². The molecule has 1 aliphatic carbocycles. The second-order valence-corrected chi connectivity index (χ2v) is 7.85. The molecule has 4 rings (SSSR count). The summed E-state index contributed by atoms with van der Waals surface area (Å²) in [6.45, 7) is 2.35. The van der Waals surface area contributed by atoms with Crippen molar-refractivity contribution in [2.45, 2.75) is 50.5 Å². The van der Waals surface area contributed by atoms with Crippen LogP contribution in [-0.2, 0) is 11.3 Å². The Morgan fingerprint density at radius 2 is 1.82 bits per heavy atom. The molecule has 1 aliphatic heterocycles. The summed E-state index contributed by atoms with van der Waals surface area (Å²) in [6.07, 6.45) is 5.60. The van der Waals surface area contributed by atoms with Crippen molar-refractivity contribution in [2.24, 2.45) is 0 Å². The number of halogens is 1. The lowest BCUT2D eigenvalue weighted by molar-refractivity contribution is -0.0590. The molecule has 0 aromatic heterocycles. The first-order valence-electron chi connectivity index (χ1n) is 10.2. The van der Waals surface area contributed by atoms with Crippen LogP contribution in [0.1, 0.15) is 36.8 Å². The number of hydrogen-bond donors (Lipinski definition) is 1. The average Bonchev–Trinajstić information content (AvgIpc) is 2.74. The van der Waals surface area contributed by atoms with E-state index in [-0.39, 0.29) is 24.1 Å². The van der Waals surface area contributed by atoms with Gasteiger partial charge in [-0.15, -0.1) is 0 Å². The van der Waals surface area contributed by atoms with Crippen molar-refractivity contribution in [3.63, 3.8) is 0 Å². The van der Waals surface area contributed by atoms with Crippen LogP contribution in [0.4, 0.5) is 4.39 Å². The van der Waals surface area contributed by atoms with Crippen molar-refractivity contribution < 1.29 is 14.2 Å². The minimum Gasteiger partial charge on any atom is -0.391 e. The van der Waals surface area contributed by atoms with Crippen LogP contribution in [-0.4, -0.2) is 41.3 Å². The molecule has 0 spiro atoms. The van der Waals surface area contributed by atoms with Crippen LogP contribution in [0.25, 0.3) is 5.57 Å². The zero-order valence-corrected chi connectivity index (χ0v) is 16.1. The molecule has 2 aromatic rings. The number of nitrogens with zero attached hydrogens (tertiary/aromatic N) is 1. The third-order valence-electron chi connectivity index (χ3n) is 5.99. The maximum Gasteiger partial charge on any atom is 0.123 e. The standard InChI is InChI=1S/C24H28FNO2/c25-21-8-6-18(7-9-21)17-28-22-10-11-23(24(27)16-22)26-14-12-20(13-15-26)19-4-2-1-3-5-19/h1-9,12,22-24,27H,10-11,13-17H2/t22-,23+,24+/m0/s1. The number of rotatable bonds is 5. The molecule has 3 atom stereocenters. The molecule has 0 saturated heterocycles. The SMILES string of the molecule is O[C@@H]1C[C@@H](OCc2ccc(F)cc2)CC[C@H]1N1CC=C(c2ccccc2)CC1. The Balaban J connectivity index is 1.27. The van der Waals surface area contributed by atoms with Crippen molar-refractivity contribution in [3.05, 3.63) is 77.6 Å². The molecule has 0 radical (unpaired) electrons. The fourth-order valence-electron chi connectivity index (χ4n) is 4.37. The Bertz CT molecular complexity index is 790. The van der Waals surface area contributed by atoms with Crippen molar-refractivity contribution >= 4 is 5.57 Å². The lowest BCUT2D eigenvalue weighted by Gasteiger charge is -2.41. The van der Waals surface area contributed by atoms with Crippen molar-refractivity contribution in [1.29, 1.82) is 0 Å². The van der Waals surface area contributed by atoms with Gasteiger partial charge in [-0.25, -0.2) is 4.39 Å². The summed E-state index contributed by atoms with van der Waals surface area (Å²) >= 11 is 0. The van der Waals surface area contributed by atoms with Crippen LogP contribution in [0.15, 0.2) is 60.7 Å². The van der Waals surface area contributed by atoms with E-state index >= 15 is 0 Å². The van der Waals surface area contributed by atoms with Gasteiger partial charge < -0.3 is 9.84 Å². The molecule has 0 amide bonds. The molecule has 148 valence electrons. The van der Waals surface area contributed by atoms with Crippen LogP contribution in [0.3, 0.4) is 0 Å². The molecule has 28 heavy (non-hydrogen) atoms. The predicted octanol–water partition coefficient (Wildman–Crippen LogP) is 4.41. The number of aliphatic hydroxyl groups is 1. The first-order chi connectivity index (χ1) is 13.7. The summed E-state index contributed by atoms with van der Waals surface area (Å²) < 4.78 is 19.0. The number of ether oxygens (including phenoxy) is 1. The molecule has 2 aliphatic rings. The highest BCUT2D eigenvalue weighted by molar-refractivity contribution is 5.66. The molecule has 0 bridgehead atoms. The van der Waals surface area contributed by atoms with Crippen LogP contribution in [0.2, 0.25) is 0 Å². The van der Waals surface area contributed by atoms with Gasteiger partial charge in [0.15, 0.2) is 0 Å². The molecule has 1 saturated carbocycles. The lowest BCUT2D eigenvalue weighted by Crippen LogP contribution is -2.49. The highest BCUT2D eigenvalue weighted by atomic mass is 19.1. The highest BCUT2D eigenvalue weighted by Crippen LogP contribution is 2.30. The third kappa shape index (κ3) is 4.69. The summed E-state index contributed by atoms with van der Waals surface area (Å²) in [6, 6.07) is 17.2. The van der Waals surface area contributed by atoms with E-state index in [0.29, 0.717) is 13.0 Å². The molecule has 1 heterocycles. The van der Waals surface area contributed by atoms with Crippen molar-refractivity contribution in [2.75, 3.05) is 13.1 Å². The van der Waals surface area contributed by atoms with E-state index in [0.717, 1.165) is 37.9 Å². The van der Waals surface area contributed by atoms with Crippen LogP contribution < -0.4 is 0 Å². The molecule has 2 aromatic carbocycles. The summed E-state index contributed by atoms with van der Waals surface area (Å²) in [4.78, 5) is 2.41. The van der Waals surface area contributed by atoms with Gasteiger partial charge in [-0.1, -0.05) is 48.5 Å². The minimum absolute atomic E-state index is 0.0662. The quantitative estimate of drug-likeness (QED) is 0.833. The van der Waals surface area contributed by atoms with Crippen molar-refractivity contribution in [3.8, 4) is 0 Å². The predicted molar refractivity (Wildman–Crippen MR) is 109 cm³/mol. The van der Waals surface area contributed by atoms with E-state index in [4.69, 9.17) is 4.74 Å². The normalized spacial score (nSPS) is 26.1. The van der Waals surface area contributed by atoms with Gasteiger partial charge in [0.2, 0.25) is 0 Å². The summed E-state index contributed by atoms with van der Waals surface area (Å²) in [5.74, 6) is -0.231. The Morgan fingerprint density at radius 1 is 1.04 bits per heavy atom. The number of hydrogen-bond acceptors (Lipinski definition) is 3. The van der Waals surface area contributed by atoms with Crippen LogP contribution >= 0.6 is 0 Å². The van der Waals surface area contributed by atoms with Crippen LogP contribution in [0.5, 0.6) is 0 Å². The molecule has 0 unspecified atom stereocenters.